The summed E-state index contributed by atoms with van der Waals surface area (Å²) >= 11 is 0. The molecular formula is C53H74N16O9. The van der Waals surface area contributed by atoms with Crippen molar-refractivity contribution in [1.29, 1.82) is 0 Å². The van der Waals surface area contributed by atoms with Gasteiger partial charge in [0.25, 0.3) is 0 Å². The van der Waals surface area contributed by atoms with Crippen LogP contribution in [0.1, 0.15) is 94.9 Å². The standard InChI is InChI=1S/C53H74N16O9/c1-31(70)65-40(18-11-21-62-52(57)58)48(76)68-42-26-45(73)60-19-9-8-17-39(46(54)74)66-47(75)34(22-35-28-63-38-16-7-6-15-37(35)38)23-43(71)33(14-10-20-61-51(55)56)24-44(72)53(2,27-32-12-4-3-5-13-32)69-50(78)41(67-49(42)77)25-36-29-59-30-64-36/h3-7,12-13,15-16,28-30,33-34,39-42,63H,8-11,14,17-27H2,1-2H3,(H2,54,74)(H,59,64)(H,60,73)(H,65,70)(H,66,75)(H,67,77)(H,68,76)(H,69,78)(H4,55,56,61)(H4,57,58,62)/t33-,34-,39+,40+,41+,42+,53-/m1/s1. The molecule has 3 heterocycles. The normalized spacial score (nSPS) is 21.9. The van der Waals surface area contributed by atoms with E-state index < -0.39 is 107 Å². The summed E-state index contributed by atoms with van der Waals surface area (Å²) in [6.07, 6.45) is 4.12. The van der Waals surface area contributed by atoms with Crippen LogP contribution < -0.4 is 60.6 Å². The van der Waals surface area contributed by atoms with Gasteiger partial charge in [0.05, 0.1) is 18.3 Å². The molecule has 1 fully saturated rings. The fourth-order valence-electron chi connectivity index (χ4n) is 9.31. The van der Waals surface area contributed by atoms with Gasteiger partial charge in [0.1, 0.15) is 30.0 Å². The second-order valence-corrected chi connectivity index (χ2v) is 19.8. The molecule has 4 aromatic rings. The lowest BCUT2D eigenvalue weighted by Gasteiger charge is -2.33. The number of primary amides is 1. The third-order valence-electron chi connectivity index (χ3n) is 13.4. The minimum Gasteiger partial charge on any atom is -0.370 e. The van der Waals surface area contributed by atoms with Gasteiger partial charge in [0.15, 0.2) is 17.7 Å². The van der Waals surface area contributed by atoms with Crippen LogP contribution in [0.25, 0.3) is 10.9 Å². The highest BCUT2D eigenvalue weighted by Crippen LogP contribution is 2.28. The maximum Gasteiger partial charge on any atom is 0.243 e. The molecule has 78 heavy (non-hydrogen) atoms. The number of ketones is 2. The predicted molar refractivity (Wildman–Crippen MR) is 291 cm³/mol. The van der Waals surface area contributed by atoms with Gasteiger partial charge in [-0.05, 0) is 75.5 Å². The van der Waals surface area contributed by atoms with Gasteiger partial charge in [-0.2, -0.15) is 0 Å². The Morgan fingerprint density at radius 3 is 2.18 bits per heavy atom. The van der Waals surface area contributed by atoms with Gasteiger partial charge in [0.2, 0.25) is 41.4 Å². The number of fused-ring (bicyclic) bond motifs is 1. The first-order chi connectivity index (χ1) is 37.2. The summed E-state index contributed by atoms with van der Waals surface area (Å²) in [6.45, 7) is 2.97. The molecule has 1 aliphatic rings. The molecule has 7 atom stereocenters. The van der Waals surface area contributed by atoms with E-state index >= 15 is 4.79 Å². The van der Waals surface area contributed by atoms with E-state index in [1.807, 2.05) is 24.3 Å². The smallest absolute Gasteiger partial charge is 0.243 e. The van der Waals surface area contributed by atoms with Crippen molar-refractivity contribution in [2.45, 2.75) is 127 Å². The Balaban J connectivity index is 1.57. The van der Waals surface area contributed by atoms with Crippen molar-refractivity contribution in [3.8, 4) is 0 Å². The molecule has 5 rings (SSSR count). The summed E-state index contributed by atoms with van der Waals surface area (Å²) in [4.78, 5) is 145. The van der Waals surface area contributed by atoms with E-state index in [1.165, 1.54) is 26.4 Å². The van der Waals surface area contributed by atoms with Crippen LogP contribution in [-0.2, 0) is 62.4 Å². The number of hydrogen-bond acceptors (Lipinski definition) is 12. The SMILES string of the molecule is CC(=O)N[C@@H](CCCN=C(N)N)C(=O)N[C@H]1CC(=O)NCCCC[C@@H](C(N)=O)NC(=O)[C@H](Cc2c[nH]c3ccccc23)CC(=O)[C@H](CCCN=C(N)N)CC(=O)[C@@](C)(Cc2ccccc2)NC(=O)[C@H](Cc2cnc[nH]2)NC1=O. The molecule has 2 aromatic carbocycles. The number of Topliss-reactive ketones (excluding diaryl/α,β-unsaturated/α-hetero) is 2. The van der Waals surface area contributed by atoms with Gasteiger partial charge in [0, 0.05) is 93.1 Å². The first kappa shape index (κ1) is 60.2. The van der Waals surface area contributed by atoms with Gasteiger partial charge < -0.3 is 70.5 Å². The average molecular weight is 1080 g/mol. The molecule has 1 saturated heterocycles. The number of carbonyl (C=O) groups excluding carboxylic acids is 9. The van der Waals surface area contributed by atoms with Crippen molar-refractivity contribution in [2.24, 2.45) is 50.5 Å². The minimum absolute atomic E-state index is 0.0288. The topological polar surface area (TPSA) is 425 Å². The average Bonchev–Trinajstić information content (AvgIpc) is 4.07. The Kier molecular flexibility index (Phi) is 22.9. The third kappa shape index (κ3) is 19.2. The molecule has 0 radical (unpaired) electrons. The number of benzene rings is 2. The summed E-state index contributed by atoms with van der Waals surface area (Å²) in [5, 5.41) is 17.0. The largest absolute Gasteiger partial charge is 0.370 e. The van der Waals surface area contributed by atoms with E-state index in [-0.39, 0.29) is 102 Å². The molecule has 0 spiro atoms. The quantitative estimate of drug-likeness (QED) is 0.0329. The van der Waals surface area contributed by atoms with Gasteiger partial charge in [-0.3, -0.25) is 53.1 Å². The number of H-pyrrole nitrogens is 2. The zero-order chi connectivity index (χ0) is 56.8. The van der Waals surface area contributed by atoms with Gasteiger partial charge >= 0.3 is 0 Å². The summed E-state index contributed by atoms with van der Waals surface area (Å²) < 4.78 is 0. The molecule has 0 aliphatic carbocycles. The highest BCUT2D eigenvalue weighted by molar-refractivity contribution is 6.00. The number of aliphatic imine (C=N–C) groups is 2. The number of imidazole rings is 1. The van der Waals surface area contributed by atoms with Gasteiger partial charge in [-0.1, -0.05) is 48.5 Å². The van der Waals surface area contributed by atoms with Crippen LogP contribution in [0.2, 0.25) is 0 Å². The van der Waals surface area contributed by atoms with Crippen molar-refractivity contribution in [3.63, 3.8) is 0 Å². The number of nitrogens with zero attached hydrogens (tertiary/aromatic N) is 3. The van der Waals surface area contributed by atoms with E-state index in [1.54, 1.807) is 36.5 Å². The van der Waals surface area contributed by atoms with Crippen molar-refractivity contribution in [3.05, 3.63) is 90.1 Å². The Morgan fingerprint density at radius 2 is 1.50 bits per heavy atom. The molecule has 7 amide bonds. The first-order valence-corrected chi connectivity index (χ1v) is 26.0. The molecule has 18 N–H and O–H groups in total. The van der Waals surface area contributed by atoms with E-state index in [0.29, 0.717) is 11.3 Å². The Hall–Kier alpha value is -8.64. The summed E-state index contributed by atoms with van der Waals surface area (Å²) in [5.41, 5.74) is 28.8. The minimum atomic E-state index is -1.77. The lowest BCUT2D eigenvalue weighted by Crippen LogP contribution is -2.62. The fraction of sp³-hybridized carbons (Fsp3) is 0.472. The second kappa shape index (κ2) is 29.6. The van der Waals surface area contributed by atoms with Crippen molar-refractivity contribution in [2.75, 3.05) is 19.6 Å². The van der Waals surface area contributed by atoms with E-state index in [2.05, 4.69) is 56.8 Å². The van der Waals surface area contributed by atoms with E-state index in [9.17, 15) is 38.4 Å². The first-order valence-electron chi connectivity index (χ1n) is 26.0. The maximum absolute atomic E-state index is 15.2. The van der Waals surface area contributed by atoms with Crippen molar-refractivity contribution >= 4 is 75.7 Å². The summed E-state index contributed by atoms with van der Waals surface area (Å²) in [7, 11) is 0. The van der Waals surface area contributed by atoms with Crippen LogP contribution in [0.3, 0.4) is 0 Å². The van der Waals surface area contributed by atoms with Crippen LogP contribution in [0.15, 0.2) is 83.3 Å². The van der Waals surface area contributed by atoms with E-state index in [4.69, 9.17) is 28.7 Å². The van der Waals surface area contributed by atoms with Crippen LogP contribution >= 0.6 is 0 Å². The molecule has 1 aliphatic heterocycles. The zero-order valence-electron chi connectivity index (χ0n) is 44.1. The monoisotopic (exact) mass is 1080 g/mol. The lowest BCUT2D eigenvalue weighted by atomic mass is 9.79. The van der Waals surface area contributed by atoms with Crippen LogP contribution in [0.5, 0.6) is 0 Å². The van der Waals surface area contributed by atoms with E-state index in [0.717, 1.165) is 16.5 Å². The molecule has 0 unspecified atom stereocenters. The summed E-state index contributed by atoms with van der Waals surface area (Å²) in [6, 6.07) is 10.8. The highest BCUT2D eigenvalue weighted by Gasteiger charge is 2.41. The van der Waals surface area contributed by atoms with Crippen LogP contribution in [0, 0.1) is 11.8 Å². The number of aromatic nitrogens is 3. The number of amides is 7. The number of nitrogens with one attached hydrogen (secondary N) is 8. The number of aromatic amines is 2. The van der Waals surface area contributed by atoms with Gasteiger partial charge in [-0.15, -0.1) is 0 Å². The number of guanidine groups is 2. The molecular weight excluding hydrogens is 1000 g/mol. The predicted octanol–water partition coefficient (Wildman–Crippen LogP) is -0.814. The Bertz CT molecular complexity index is 2770. The highest BCUT2D eigenvalue weighted by atomic mass is 16.2. The lowest BCUT2D eigenvalue weighted by molar-refractivity contribution is -0.137. The number of para-hydroxylation sites is 1. The Morgan fingerprint density at radius 1 is 0.795 bits per heavy atom. The molecule has 25 nitrogen and oxygen atoms in total. The van der Waals surface area contributed by atoms with Crippen molar-refractivity contribution in [1.82, 2.24) is 46.9 Å². The molecule has 2 aromatic heterocycles. The Labute approximate surface area is 451 Å². The zero-order valence-corrected chi connectivity index (χ0v) is 44.1. The van der Waals surface area contributed by atoms with Gasteiger partial charge in [-0.25, -0.2) is 4.98 Å². The van der Waals surface area contributed by atoms with Crippen LogP contribution in [-0.4, -0.2) is 129 Å². The molecule has 420 valence electrons. The maximum atomic E-state index is 15.2. The molecule has 25 heteroatoms. The molecule has 0 bridgehead atoms. The second-order valence-electron chi connectivity index (χ2n) is 19.8. The summed E-state index contributed by atoms with van der Waals surface area (Å²) in [5.74, 6) is -8.81. The number of hydrogen-bond donors (Lipinski definition) is 13. The number of nitrogens with two attached hydrogens (primary N) is 5. The number of carbonyl (C=O) groups is 9. The fourth-order valence-corrected chi connectivity index (χ4v) is 9.31. The number of rotatable bonds is 18. The molecule has 0 saturated carbocycles. The third-order valence-corrected chi connectivity index (χ3v) is 13.4. The van der Waals surface area contributed by atoms with Crippen LogP contribution in [0.4, 0.5) is 0 Å². The van der Waals surface area contributed by atoms with Crippen molar-refractivity contribution < 1.29 is 43.2 Å².